The summed E-state index contributed by atoms with van der Waals surface area (Å²) >= 11 is 0. The van der Waals surface area contributed by atoms with E-state index in [9.17, 15) is 0 Å². The van der Waals surface area contributed by atoms with Crippen molar-refractivity contribution >= 4 is 11.4 Å². The van der Waals surface area contributed by atoms with E-state index >= 15 is 0 Å². The number of morpholine rings is 1. The molecule has 1 aliphatic heterocycles. The number of hydrogen-bond acceptors (Lipinski definition) is 4. The standard InChI is InChI=1S/C19H31N3O/c1-14-12-22(13-15(2)23-14)19-5-3-4-18(10-19)21-11-16-6-8-17(20)9-7-16/h3-5,10,14-17,21H,6-9,11-13,20H2,1-2H3/t14-,15?,16-,17-/m0/s1. The molecule has 0 amide bonds. The van der Waals surface area contributed by atoms with E-state index in [-0.39, 0.29) is 0 Å². The lowest BCUT2D eigenvalue weighted by Gasteiger charge is -2.37. The number of ether oxygens (including phenoxy) is 1. The maximum Gasteiger partial charge on any atom is 0.0726 e. The molecule has 128 valence electrons. The quantitative estimate of drug-likeness (QED) is 0.895. The van der Waals surface area contributed by atoms with Gasteiger partial charge in [0.1, 0.15) is 0 Å². The fraction of sp³-hybridized carbons (Fsp3) is 0.684. The molecule has 3 N–H and O–H groups in total. The fourth-order valence-electron chi connectivity index (χ4n) is 3.86. The van der Waals surface area contributed by atoms with Crippen LogP contribution in [0.1, 0.15) is 39.5 Å². The highest BCUT2D eigenvalue weighted by Crippen LogP contribution is 2.26. The second-order valence-electron chi connectivity index (χ2n) is 7.37. The van der Waals surface area contributed by atoms with Gasteiger partial charge < -0.3 is 20.7 Å². The van der Waals surface area contributed by atoms with Gasteiger partial charge in [-0.25, -0.2) is 0 Å². The normalized spacial score (nSPS) is 31.9. The topological polar surface area (TPSA) is 50.5 Å². The summed E-state index contributed by atoms with van der Waals surface area (Å²) in [7, 11) is 0. The van der Waals surface area contributed by atoms with Crippen molar-refractivity contribution in [1.82, 2.24) is 0 Å². The first kappa shape index (κ1) is 16.6. The van der Waals surface area contributed by atoms with Crippen LogP contribution >= 0.6 is 0 Å². The molecule has 4 heteroatoms. The predicted octanol–water partition coefficient (Wildman–Crippen LogP) is 3.23. The van der Waals surface area contributed by atoms with Gasteiger partial charge in [0.2, 0.25) is 0 Å². The summed E-state index contributed by atoms with van der Waals surface area (Å²) in [4.78, 5) is 2.43. The van der Waals surface area contributed by atoms with E-state index in [1.807, 2.05) is 0 Å². The third kappa shape index (κ3) is 4.61. The number of benzene rings is 1. The maximum atomic E-state index is 5.99. The van der Waals surface area contributed by atoms with E-state index in [0.717, 1.165) is 25.6 Å². The van der Waals surface area contributed by atoms with Crippen molar-refractivity contribution in [3.8, 4) is 0 Å². The van der Waals surface area contributed by atoms with Gasteiger partial charge >= 0.3 is 0 Å². The van der Waals surface area contributed by atoms with Gasteiger partial charge in [-0.2, -0.15) is 0 Å². The van der Waals surface area contributed by atoms with Crippen LogP contribution < -0.4 is 16.0 Å². The maximum absolute atomic E-state index is 5.99. The molecule has 1 saturated heterocycles. The Kier molecular flexibility index (Phi) is 5.44. The first-order valence-corrected chi connectivity index (χ1v) is 9.10. The Morgan fingerprint density at radius 2 is 1.83 bits per heavy atom. The molecule has 23 heavy (non-hydrogen) atoms. The van der Waals surface area contributed by atoms with Crippen molar-refractivity contribution in [2.45, 2.75) is 57.8 Å². The van der Waals surface area contributed by atoms with Crippen LogP contribution in [0.4, 0.5) is 11.4 Å². The van der Waals surface area contributed by atoms with Crippen molar-refractivity contribution in [3.05, 3.63) is 24.3 Å². The molecule has 4 nitrogen and oxygen atoms in total. The molecule has 0 bridgehead atoms. The molecule has 1 aliphatic carbocycles. The zero-order valence-corrected chi connectivity index (χ0v) is 14.5. The summed E-state index contributed by atoms with van der Waals surface area (Å²) in [6, 6.07) is 9.24. The molecule has 1 unspecified atom stereocenters. The number of anilines is 2. The second kappa shape index (κ2) is 7.54. The van der Waals surface area contributed by atoms with Crippen molar-refractivity contribution in [2.75, 3.05) is 29.9 Å². The monoisotopic (exact) mass is 317 g/mol. The summed E-state index contributed by atoms with van der Waals surface area (Å²) in [5.41, 5.74) is 8.51. The molecule has 1 saturated carbocycles. The minimum absolute atomic E-state index is 0.293. The van der Waals surface area contributed by atoms with E-state index in [4.69, 9.17) is 10.5 Å². The van der Waals surface area contributed by atoms with Crippen molar-refractivity contribution < 1.29 is 4.74 Å². The van der Waals surface area contributed by atoms with Gasteiger partial charge in [0.05, 0.1) is 12.2 Å². The van der Waals surface area contributed by atoms with E-state index in [0.29, 0.717) is 18.2 Å². The Bertz CT molecular complexity index is 489. The Hall–Kier alpha value is -1.26. The number of nitrogens with zero attached hydrogens (tertiary/aromatic N) is 1. The third-order valence-corrected chi connectivity index (χ3v) is 5.12. The molecule has 0 radical (unpaired) electrons. The molecule has 2 fully saturated rings. The SMILES string of the molecule is CC1CN(c2cccc(NC[C@H]3CC[C@H](N)CC3)c2)C[C@H](C)O1. The zero-order chi connectivity index (χ0) is 16.2. The number of nitrogens with one attached hydrogen (secondary N) is 1. The molecule has 1 aromatic rings. The smallest absolute Gasteiger partial charge is 0.0726 e. The molecule has 2 aliphatic rings. The summed E-state index contributed by atoms with van der Waals surface area (Å²) < 4.78 is 5.84. The van der Waals surface area contributed by atoms with Crippen molar-refractivity contribution in [3.63, 3.8) is 0 Å². The Labute approximate surface area is 140 Å². The number of rotatable bonds is 4. The fourth-order valence-corrected chi connectivity index (χ4v) is 3.86. The van der Waals surface area contributed by atoms with Gasteiger partial charge in [0, 0.05) is 37.1 Å². The van der Waals surface area contributed by atoms with Gasteiger partial charge in [-0.05, 0) is 63.6 Å². The highest BCUT2D eigenvalue weighted by molar-refractivity contribution is 5.58. The Morgan fingerprint density at radius 1 is 1.13 bits per heavy atom. The number of nitrogens with two attached hydrogens (primary N) is 1. The lowest BCUT2D eigenvalue weighted by molar-refractivity contribution is -0.00521. The molecule has 3 rings (SSSR count). The lowest BCUT2D eigenvalue weighted by Crippen LogP contribution is -2.45. The van der Waals surface area contributed by atoms with Gasteiger partial charge in [-0.15, -0.1) is 0 Å². The molecular formula is C19H31N3O. The molecule has 1 aromatic carbocycles. The second-order valence-corrected chi connectivity index (χ2v) is 7.37. The summed E-state index contributed by atoms with van der Waals surface area (Å²) in [6.45, 7) is 7.30. The summed E-state index contributed by atoms with van der Waals surface area (Å²) in [5.74, 6) is 0.766. The number of hydrogen-bond donors (Lipinski definition) is 2. The first-order chi connectivity index (χ1) is 11.1. The van der Waals surface area contributed by atoms with Gasteiger partial charge in [0.15, 0.2) is 0 Å². The van der Waals surface area contributed by atoms with Crippen LogP contribution in [0.3, 0.4) is 0 Å². The molecule has 0 aromatic heterocycles. The van der Waals surface area contributed by atoms with E-state index in [1.165, 1.54) is 37.1 Å². The summed E-state index contributed by atoms with van der Waals surface area (Å²) in [6.07, 6.45) is 5.45. The average molecular weight is 317 g/mol. The van der Waals surface area contributed by atoms with Crippen molar-refractivity contribution in [1.29, 1.82) is 0 Å². The van der Waals surface area contributed by atoms with Crippen molar-refractivity contribution in [2.24, 2.45) is 11.7 Å². The average Bonchev–Trinajstić information content (AvgIpc) is 2.54. The van der Waals surface area contributed by atoms with E-state index < -0.39 is 0 Å². The van der Waals surface area contributed by atoms with Crippen LogP contribution in [0.5, 0.6) is 0 Å². The van der Waals surface area contributed by atoms with Crippen LogP contribution in [0.25, 0.3) is 0 Å². The molecular weight excluding hydrogens is 286 g/mol. The minimum Gasteiger partial charge on any atom is -0.385 e. The largest absolute Gasteiger partial charge is 0.385 e. The highest BCUT2D eigenvalue weighted by Gasteiger charge is 2.22. The Balaban J connectivity index is 1.57. The zero-order valence-electron chi connectivity index (χ0n) is 14.5. The Morgan fingerprint density at radius 3 is 2.52 bits per heavy atom. The molecule has 0 spiro atoms. The highest BCUT2D eigenvalue weighted by atomic mass is 16.5. The molecule has 2 atom stereocenters. The molecule has 1 heterocycles. The van der Waals surface area contributed by atoms with E-state index in [1.54, 1.807) is 0 Å². The minimum atomic E-state index is 0.293. The van der Waals surface area contributed by atoms with Crippen LogP contribution in [0.15, 0.2) is 24.3 Å². The van der Waals surface area contributed by atoms with Crippen LogP contribution in [0.2, 0.25) is 0 Å². The van der Waals surface area contributed by atoms with Gasteiger partial charge in [-0.1, -0.05) is 6.07 Å². The van der Waals surface area contributed by atoms with Gasteiger partial charge in [0.25, 0.3) is 0 Å². The van der Waals surface area contributed by atoms with Crippen LogP contribution in [0, 0.1) is 5.92 Å². The van der Waals surface area contributed by atoms with Crippen LogP contribution in [-0.2, 0) is 4.74 Å². The van der Waals surface area contributed by atoms with Gasteiger partial charge in [-0.3, -0.25) is 0 Å². The first-order valence-electron chi connectivity index (χ1n) is 9.10. The van der Waals surface area contributed by atoms with E-state index in [2.05, 4.69) is 48.3 Å². The van der Waals surface area contributed by atoms with Crippen LogP contribution in [-0.4, -0.2) is 37.9 Å². The summed E-state index contributed by atoms with van der Waals surface area (Å²) in [5, 5.41) is 3.63. The lowest BCUT2D eigenvalue weighted by atomic mass is 9.86. The predicted molar refractivity (Wildman–Crippen MR) is 97.1 cm³/mol. The third-order valence-electron chi connectivity index (χ3n) is 5.12.